The fraction of sp³-hybridized carbons (Fsp3) is 0.789. The predicted octanol–water partition coefficient (Wildman–Crippen LogP) is 1.63. The fourth-order valence-electron chi connectivity index (χ4n) is 4.37. The van der Waals surface area contributed by atoms with Crippen molar-refractivity contribution < 1.29 is 9.59 Å². The zero-order chi connectivity index (χ0) is 18.4. The van der Waals surface area contributed by atoms with Gasteiger partial charge in [0.15, 0.2) is 0 Å². The highest BCUT2D eigenvalue weighted by atomic mass is 32.2. The van der Waals surface area contributed by atoms with Crippen molar-refractivity contribution in [2.45, 2.75) is 31.7 Å². The minimum atomic E-state index is -0.0265. The summed E-state index contributed by atoms with van der Waals surface area (Å²) in [6, 6.07) is -0.0136. The summed E-state index contributed by atoms with van der Waals surface area (Å²) in [7, 11) is 0. The Morgan fingerprint density at radius 3 is 2.31 bits per heavy atom. The van der Waals surface area contributed by atoms with Crippen LogP contribution in [0.4, 0.5) is 4.79 Å². The van der Waals surface area contributed by atoms with E-state index in [-0.39, 0.29) is 12.1 Å². The summed E-state index contributed by atoms with van der Waals surface area (Å²) in [4.78, 5) is 31.8. The molecule has 1 atom stereocenters. The second-order valence-corrected chi connectivity index (χ2v) is 8.65. The molecule has 1 saturated carbocycles. The summed E-state index contributed by atoms with van der Waals surface area (Å²) in [6.07, 6.45) is 6.51. The first-order chi connectivity index (χ1) is 12.7. The molecule has 1 N–H and O–H groups in total. The van der Waals surface area contributed by atoms with Crippen molar-refractivity contribution in [3.63, 3.8) is 0 Å². The minimum absolute atomic E-state index is 0.0130. The molecular weight excluding hydrogens is 348 g/mol. The Bertz CT molecular complexity index is 496. The molecule has 3 aliphatic rings. The third-order valence-electron chi connectivity index (χ3n) is 5.81. The van der Waals surface area contributed by atoms with Gasteiger partial charge >= 0.3 is 6.03 Å². The maximum absolute atomic E-state index is 13.3. The van der Waals surface area contributed by atoms with Gasteiger partial charge in [0.05, 0.1) is 6.04 Å². The van der Waals surface area contributed by atoms with Crippen molar-refractivity contribution in [3.8, 4) is 0 Å². The molecule has 3 amide bonds. The van der Waals surface area contributed by atoms with E-state index in [0.29, 0.717) is 31.5 Å². The van der Waals surface area contributed by atoms with Crippen LogP contribution in [0.15, 0.2) is 12.7 Å². The summed E-state index contributed by atoms with van der Waals surface area (Å²) in [5.74, 6) is 2.93. The molecule has 26 heavy (non-hydrogen) atoms. The maximum atomic E-state index is 13.3. The average molecular weight is 381 g/mol. The van der Waals surface area contributed by atoms with Gasteiger partial charge in [0.1, 0.15) is 0 Å². The average Bonchev–Trinajstić information content (AvgIpc) is 3.21. The van der Waals surface area contributed by atoms with Gasteiger partial charge in [0.25, 0.3) is 0 Å². The molecule has 2 saturated heterocycles. The Labute approximate surface area is 161 Å². The lowest BCUT2D eigenvalue weighted by Gasteiger charge is -2.42. The van der Waals surface area contributed by atoms with Crippen LogP contribution in [0.25, 0.3) is 0 Å². The van der Waals surface area contributed by atoms with E-state index in [2.05, 4.69) is 21.7 Å². The molecule has 2 aliphatic heterocycles. The molecule has 3 rings (SSSR count). The molecular formula is C19H32N4O2S. The number of piperazine rings is 1. The van der Waals surface area contributed by atoms with Crippen molar-refractivity contribution in [3.05, 3.63) is 12.7 Å². The second kappa shape index (κ2) is 9.65. The molecule has 3 fully saturated rings. The number of urea groups is 1. The molecule has 0 aromatic heterocycles. The Morgan fingerprint density at radius 2 is 1.69 bits per heavy atom. The Hall–Kier alpha value is -1.21. The lowest BCUT2D eigenvalue weighted by Crippen LogP contribution is -2.60. The number of hydrogen-bond acceptors (Lipinski definition) is 4. The smallest absolute Gasteiger partial charge is 0.317 e. The molecule has 1 aliphatic carbocycles. The highest BCUT2D eigenvalue weighted by Gasteiger charge is 2.39. The van der Waals surface area contributed by atoms with Gasteiger partial charge in [-0.3, -0.25) is 9.69 Å². The highest BCUT2D eigenvalue weighted by Crippen LogP contribution is 2.32. The number of nitrogens with zero attached hydrogens (tertiary/aromatic N) is 3. The van der Waals surface area contributed by atoms with Gasteiger partial charge in [-0.1, -0.05) is 18.9 Å². The fourth-order valence-corrected chi connectivity index (χ4v) is 5.28. The summed E-state index contributed by atoms with van der Waals surface area (Å²) < 4.78 is 0. The normalized spacial score (nSPS) is 23.7. The molecule has 0 spiro atoms. The van der Waals surface area contributed by atoms with E-state index in [1.54, 1.807) is 6.08 Å². The van der Waals surface area contributed by atoms with E-state index < -0.39 is 0 Å². The first kappa shape index (κ1) is 19.5. The van der Waals surface area contributed by atoms with E-state index in [4.69, 9.17) is 0 Å². The Kier molecular flexibility index (Phi) is 7.25. The first-order valence-electron chi connectivity index (χ1n) is 9.95. The first-order valence-corrected chi connectivity index (χ1v) is 11.1. The molecule has 146 valence electrons. The molecule has 0 unspecified atom stereocenters. The number of hydrogen-bond donors (Lipinski definition) is 1. The quantitative estimate of drug-likeness (QED) is 0.737. The SMILES string of the molecule is C=CCNC(=O)N1CCN([C@H](C(=O)N2CCSCC2)C2CCCC2)CC1. The zero-order valence-corrected chi connectivity index (χ0v) is 16.5. The number of thioether (sulfide) groups is 1. The van der Waals surface area contributed by atoms with Crippen LogP contribution < -0.4 is 5.32 Å². The van der Waals surface area contributed by atoms with Crippen LogP contribution in [0.5, 0.6) is 0 Å². The topological polar surface area (TPSA) is 55.9 Å². The van der Waals surface area contributed by atoms with Gasteiger partial charge in [-0.15, -0.1) is 6.58 Å². The van der Waals surface area contributed by atoms with Crippen molar-refractivity contribution in [1.29, 1.82) is 0 Å². The molecule has 2 heterocycles. The van der Waals surface area contributed by atoms with E-state index >= 15 is 0 Å². The van der Waals surface area contributed by atoms with Crippen molar-refractivity contribution in [1.82, 2.24) is 20.0 Å². The van der Waals surface area contributed by atoms with Crippen LogP contribution in [0.2, 0.25) is 0 Å². The molecule has 0 radical (unpaired) electrons. The van der Waals surface area contributed by atoms with Gasteiger partial charge in [-0.25, -0.2) is 4.79 Å². The van der Waals surface area contributed by atoms with E-state index in [1.807, 2.05) is 16.7 Å². The monoisotopic (exact) mass is 380 g/mol. The third-order valence-corrected chi connectivity index (χ3v) is 6.76. The van der Waals surface area contributed by atoms with Crippen molar-refractivity contribution >= 4 is 23.7 Å². The minimum Gasteiger partial charge on any atom is -0.340 e. The van der Waals surface area contributed by atoms with E-state index in [9.17, 15) is 9.59 Å². The van der Waals surface area contributed by atoms with Crippen LogP contribution in [-0.4, -0.2) is 90.0 Å². The number of carbonyl (C=O) groups excluding carboxylic acids is 2. The van der Waals surface area contributed by atoms with E-state index in [0.717, 1.165) is 37.7 Å². The van der Waals surface area contributed by atoms with Gasteiger partial charge in [-0.2, -0.15) is 11.8 Å². The molecule has 6 nitrogen and oxygen atoms in total. The van der Waals surface area contributed by atoms with E-state index in [1.165, 1.54) is 25.7 Å². The summed E-state index contributed by atoms with van der Waals surface area (Å²) in [6.45, 7) is 8.86. The molecule has 0 bridgehead atoms. The van der Waals surface area contributed by atoms with Crippen molar-refractivity contribution in [2.75, 3.05) is 57.3 Å². The third kappa shape index (κ3) is 4.74. The number of amides is 3. The lowest BCUT2D eigenvalue weighted by atomic mass is 9.94. The van der Waals surface area contributed by atoms with Crippen LogP contribution in [0.3, 0.4) is 0 Å². The Morgan fingerprint density at radius 1 is 1.04 bits per heavy atom. The summed E-state index contributed by atoms with van der Waals surface area (Å²) in [5.41, 5.74) is 0. The zero-order valence-electron chi connectivity index (χ0n) is 15.7. The number of nitrogens with one attached hydrogen (secondary N) is 1. The molecule has 0 aromatic carbocycles. The highest BCUT2D eigenvalue weighted by molar-refractivity contribution is 7.99. The predicted molar refractivity (Wildman–Crippen MR) is 106 cm³/mol. The maximum Gasteiger partial charge on any atom is 0.317 e. The standard InChI is InChI=1S/C19H32N4O2S/c1-2-7-20-19(25)23-10-8-21(9-11-23)17(16-5-3-4-6-16)18(24)22-12-14-26-15-13-22/h2,16-17H,1,3-15H2,(H,20,25)/t17-/m0/s1. The number of rotatable bonds is 5. The molecule has 7 heteroatoms. The van der Waals surface area contributed by atoms with Gasteiger partial charge in [0, 0.05) is 57.3 Å². The Balaban J connectivity index is 1.61. The van der Waals surface area contributed by atoms with Crippen LogP contribution >= 0.6 is 11.8 Å². The largest absolute Gasteiger partial charge is 0.340 e. The van der Waals surface area contributed by atoms with Crippen molar-refractivity contribution in [2.24, 2.45) is 5.92 Å². The summed E-state index contributed by atoms with van der Waals surface area (Å²) in [5, 5.41) is 2.85. The summed E-state index contributed by atoms with van der Waals surface area (Å²) >= 11 is 1.94. The van der Waals surface area contributed by atoms with Gasteiger partial charge < -0.3 is 15.1 Å². The van der Waals surface area contributed by atoms with Crippen LogP contribution in [0.1, 0.15) is 25.7 Å². The van der Waals surface area contributed by atoms with Gasteiger partial charge in [-0.05, 0) is 18.8 Å². The van der Waals surface area contributed by atoms with Crippen LogP contribution in [-0.2, 0) is 4.79 Å². The van der Waals surface area contributed by atoms with Gasteiger partial charge in [0.2, 0.25) is 5.91 Å². The molecule has 0 aromatic rings. The lowest BCUT2D eigenvalue weighted by molar-refractivity contribution is -0.139. The number of carbonyl (C=O) groups is 2. The van der Waals surface area contributed by atoms with Crippen LogP contribution in [0, 0.1) is 5.92 Å². The second-order valence-electron chi connectivity index (χ2n) is 7.42.